The van der Waals surface area contributed by atoms with Crippen molar-refractivity contribution in [2.45, 2.75) is 38.7 Å². The average Bonchev–Trinajstić information content (AvgIpc) is 2.82. The van der Waals surface area contributed by atoms with Gasteiger partial charge >= 0.3 is 5.97 Å². The molecule has 1 fully saturated rings. The van der Waals surface area contributed by atoms with Gasteiger partial charge in [0.2, 0.25) is 0 Å². The second-order valence-corrected chi connectivity index (χ2v) is 5.49. The molecule has 1 aromatic carbocycles. The lowest BCUT2D eigenvalue weighted by molar-refractivity contribution is 0.0203. The van der Waals surface area contributed by atoms with Crippen molar-refractivity contribution in [3.63, 3.8) is 0 Å². The summed E-state index contributed by atoms with van der Waals surface area (Å²) >= 11 is 3.37. The van der Waals surface area contributed by atoms with Gasteiger partial charge in [-0.25, -0.2) is 4.79 Å². The van der Waals surface area contributed by atoms with E-state index in [2.05, 4.69) is 15.9 Å². The third kappa shape index (κ3) is 3.09. The van der Waals surface area contributed by atoms with Gasteiger partial charge in [-0.05, 0) is 53.7 Å². The van der Waals surface area contributed by atoms with Crippen molar-refractivity contribution in [3.05, 3.63) is 34.3 Å². The summed E-state index contributed by atoms with van der Waals surface area (Å²) in [5, 5.41) is 0. The van der Waals surface area contributed by atoms with Crippen LogP contribution in [-0.2, 0) is 4.74 Å². The molecule has 1 aliphatic rings. The number of benzene rings is 1. The van der Waals surface area contributed by atoms with Gasteiger partial charge in [0.15, 0.2) is 0 Å². The number of ether oxygens (including phenoxy) is 1. The predicted molar refractivity (Wildman–Crippen MR) is 71.0 cm³/mol. The Kier molecular flexibility index (Phi) is 4.21. The highest BCUT2D eigenvalue weighted by Gasteiger charge is 2.25. The van der Waals surface area contributed by atoms with Crippen LogP contribution < -0.4 is 0 Å². The summed E-state index contributed by atoms with van der Waals surface area (Å²) in [6, 6.07) is 7.38. The van der Waals surface area contributed by atoms with E-state index < -0.39 is 0 Å². The van der Waals surface area contributed by atoms with E-state index >= 15 is 0 Å². The smallest absolute Gasteiger partial charge is 0.339 e. The van der Waals surface area contributed by atoms with Crippen LogP contribution in [0.25, 0.3) is 0 Å². The molecule has 0 amide bonds. The molecule has 1 aromatic rings. The minimum atomic E-state index is -0.225. The fourth-order valence-corrected chi connectivity index (χ4v) is 2.83. The fourth-order valence-electron chi connectivity index (χ4n) is 2.38. The third-order valence-electron chi connectivity index (χ3n) is 3.45. The van der Waals surface area contributed by atoms with E-state index in [0.29, 0.717) is 11.5 Å². The van der Waals surface area contributed by atoms with Gasteiger partial charge in [0.25, 0.3) is 0 Å². The van der Waals surface area contributed by atoms with Gasteiger partial charge in [-0.15, -0.1) is 0 Å². The summed E-state index contributed by atoms with van der Waals surface area (Å²) in [7, 11) is 0. The van der Waals surface area contributed by atoms with E-state index in [-0.39, 0.29) is 12.1 Å². The second kappa shape index (κ2) is 5.67. The minimum Gasteiger partial charge on any atom is -0.459 e. The zero-order chi connectivity index (χ0) is 12.3. The molecule has 0 aromatic heterocycles. The van der Waals surface area contributed by atoms with E-state index in [0.717, 1.165) is 4.47 Å². The third-order valence-corrected chi connectivity index (χ3v) is 4.14. The normalized spacial score (nSPS) is 18.0. The maximum Gasteiger partial charge on any atom is 0.339 e. The summed E-state index contributed by atoms with van der Waals surface area (Å²) in [6.07, 6.45) is 4.93. The Hall–Kier alpha value is -0.830. The zero-order valence-electron chi connectivity index (χ0n) is 9.99. The van der Waals surface area contributed by atoms with Crippen LogP contribution in [0.1, 0.15) is 43.0 Å². The summed E-state index contributed by atoms with van der Waals surface area (Å²) < 4.78 is 6.33. The predicted octanol–water partition coefficient (Wildman–Crippen LogP) is 4.18. The maximum absolute atomic E-state index is 12.0. The number of halogens is 1. The Morgan fingerprint density at radius 2 is 2.00 bits per heavy atom. The fraction of sp³-hybridized carbons (Fsp3) is 0.500. The molecule has 0 saturated heterocycles. The van der Waals surface area contributed by atoms with Crippen LogP contribution in [0.15, 0.2) is 28.7 Å². The Morgan fingerprint density at radius 1 is 1.35 bits per heavy atom. The number of hydrogen-bond acceptors (Lipinski definition) is 2. The van der Waals surface area contributed by atoms with Crippen molar-refractivity contribution in [2.24, 2.45) is 5.92 Å². The molecule has 3 heteroatoms. The molecule has 2 rings (SSSR count). The average molecular weight is 297 g/mol. The van der Waals surface area contributed by atoms with E-state index in [1.54, 1.807) is 6.07 Å². The molecule has 1 atom stereocenters. The largest absolute Gasteiger partial charge is 0.459 e. The highest BCUT2D eigenvalue weighted by atomic mass is 79.9. The van der Waals surface area contributed by atoms with Crippen molar-refractivity contribution in [2.75, 3.05) is 0 Å². The number of esters is 1. The molecule has 0 aliphatic heterocycles. The molecule has 1 unspecified atom stereocenters. The SMILES string of the molecule is CC(OC(=O)c1ccccc1Br)C1CCCC1. The van der Waals surface area contributed by atoms with E-state index in [9.17, 15) is 4.79 Å². The molecule has 0 heterocycles. The molecule has 0 radical (unpaired) electrons. The molecule has 0 bridgehead atoms. The topological polar surface area (TPSA) is 26.3 Å². The van der Waals surface area contributed by atoms with Crippen LogP contribution in [0.3, 0.4) is 0 Å². The lowest BCUT2D eigenvalue weighted by Crippen LogP contribution is -2.22. The van der Waals surface area contributed by atoms with E-state index in [1.165, 1.54) is 25.7 Å². The van der Waals surface area contributed by atoms with Crippen LogP contribution in [0.2, 0.25) is 0 Å². The molecular weight excluding hydrogens is 280 g/mol. The first kappa shape index (κ1) is 12.6. The van der Waals surface area contributed by atoms with Crippen molar-refractivity contribution >= 4 is 21.9 Å². The van der Waals surface area contributed by atoms with Gasteiger partial charge in [0, 0.05) is 4.47 Å². The lowest BCUT2D eigenvalue weighted by Gasteiger charge is -2.19. The van der Waals surface area contributed by atoms with Gasteiger partial charge in [-0.1, -0.05) is 25.0 Å². The summed E-state index contributed by atoms with van der Waals surface area (Å²) in [5.41, 5.74) is 0.609. The number of carbonyl (C=O) groups excluding carboxylic acids is 1. The van der Waals surface area contributed by atoms with Crippen molar-refractivity contribution in [3.8, 4) is 0 Å². The molecule has 1 aliphatic carbocycles. The van der Waals surface area contributed by atoms with Gasteiger partial charge in [-0.2, -0.15) is 0 Å². The molecular formula is C14H17BrO2. The Balaban J connectivity index is 1.99. The standard InChI is InChI=1S/C14H17BrO2/c1-10(11-6-2-3-7-11)17-14(16)12-8-4-5-9-13(12)15/h4-5,8-11H,2-3,6-7H2,1H3. The minimum absolute atomic E-state index is 0.0251. The number of carbonyl (C=O) groups is 1. The van der Waals surface area contributed by atoms with Crippen LogP contribution in [0.4, 0.5) is 0 Å². The Bertz CT molecular complexity index is 397. The molecule has 92 valence electrons. The van der Waals surface area contributed by atoms with Crippen LogP contribution in [0, 0.1) is 5.92 Å². The summed E-state index contributed by atoms with van der Waals surface area (Å²) in [4.78, 5) is 12.0. The van der Waals surface area contributed by atoms with Gasteiger partial charge < -0.3 is 4.74 Å². The quantitative estimate of drug-likeness (QED) is 0.782. The first-order valence-corrected chi connectivity index (χ1v) is 6.93. The summed E-state index contributed by atoms with van der Waals surface area (Å²) in [6.45, 7) is 2.00. The van der Waals surface area contributed by atoms with Gasteiger partial charge in [-0.3, -0.25) is 0 Å². The highest BCUT2D eigenvalue weighted by Crippen LogP contribution is 2.29. The first-order valence-electron chi connectivity index (χ1n) is 6.14. The van der Waals surface area contributed by atoms with Gasteiger partial charge in [0.1, 0.15) is 6.10 Å². The zero-order valence-corrected chi connectivity index (χ0v) is 11.6. The summed E-state index contributed by atoms with van der Waals surface area (Å²) in [5.74, 6) is 0.318. The van der Waals surface area contributed by atoms with Crippen LogP contribution in [0.5, 0.6) is 0 Å². The number of rotatable bonds is 3. The van der Waals surface area contributed by atoms with E-state index in [1.807, 2.05) is 25.1 Å². The molecule has 0 spiro atoms. The second-order valence-electron chi connectivity index (χ2n) is 4.63. The molecule has 17 heavy (non-hydrogen) atoms. The maximum atomic E-state index is 12.0. The van der Waals surface area contributed by atoms with E-state index in [4.69, 9.17) is 4.74 Å². The Labute approximate surface area is 110 Å². The molecule has 1 saturated carbocycles. The van der Waals surface area contributed by atoms with Crippen molar-refractivity contribution < 1.29 is 9.53 Å². The van der Waals surface area contributed by atoms with Crippen LogP contribution >= 0.6 is 15.9 Å². The van der Waals surface area contributed by atoms with Crippen molar-refractivity contribution in [1.29, 1.82) is 0 Å². The lowest BCUT2D eigenvalue weighted by atomic mass is 10.0. The molecule has 0 N–H and O–H groups in total. The van der Waals surface area contributed by atoms with Crippen molar-refractivity contribution in [1.82, 2.24) is 0 Å². The highest BCUT2D eigenvalue weighted by molar-refractivity contribution is 9.10. The van der Waals surface area contributed by atoms with Gasteiger partial charge in [0.05, 0.1) is 5.56 Å². The first-order chi connectivity index (χ1) is 8.18. The Morgan fingerprint density at radius 3 is 2.65 bits per heavy atom. The number of hydrogen-bond donors (Lipinski definition) is 0. The van der Waals surface area contributed by atoms with Crippen LogP contribution in [-0.4, -0.2) is 12.1 Å². The molecule has 2 nitrogen and oxygen atoms in total. The monoisotopic (exact) mass is 296 g/mol.